The Bertz CT molecular complexity index is 279. The van der Waals surface area contributed by atoms with Crippen LogP contribution in [-0.2, 0) is 0 Å². The minimum atomic E-state index is 0.259. The fourth-order valence-corrected chi connectivity index (χ4v) is 1.98. The van der Waals surface area contributed by atoms with Crippen molar-refractivity contribution in [3.63, 3.8) is 0 Å². The van der Waals surface area contributed by atoms with Crippen molar-refractivity contribution >= 4 is 0 Å². The van der Waals surface area contributed by atoms with Crippen LogP contribution in [0.15, 0.2) is 28.2 Å². The minimum absolute atomic E-state index is 0.259. The smallest absolute Gasteiger partial charge is 0.0995 e. The van der Waals surface area contributed by atoms with Crippen molar-refractivity contribution in [2.24, 2.45) is 5.18 Å². The Morgan fingerprint density at radius 1 is 1.47 bits per heavy atom. The van der Waals surface area contributed by atoms with E-state index >= 15 is 0 Å². The maximum atomic E-state index is 10.0. The first-order chi connectivity index (χ1) is 7.27. The molecule has 3 heteroatoms. The quantitative estimate of drug-likeness (QED) is 0.332. The molecule has 1 aliphatic carbocycles. The van der Waals surface area contributed by atoms with Crippen LogP contribution in [0.5, 0.6) is 0 Å². The van der Waals surface area contributed by atoms with Gasteiger partial charge >= 0.3 is 0 Å². The van der Waals surface area contributed by atoms with Crippen molar-refractivity contribution in [3.05, 3.63) is 27.9 Å². The fraction of sp³-hybridized carbons (Fsp3) is 0.667. The van der Waals surface area contributed by atoms with Gasteiger partial charge in [-0.1, -0.05) is 23.7 Å². The van der Waals surface area contributed by atoms with Gasteiger partial charge in [-0.15, -0.1) is 0 Å². The van der Waals surface area contributed by atoms with Gasteiger partial charge in [-0.2, -0.15) is 4.91 Å². The number of nitrogens with zero attached hydrogens (tertiary/aromatic N) is 1. The highest BCUT2D eigenvalue weighted by atomic mass is 16.3. The molecule has 0 amide bonds. The van der Waals surface area contributed by atoms with Crippen LogP contribution in [0.2, 0.25) is 0 Å². The number of aliphatic hydroxyl groups excluding tert-OH is 1. The molecule has 84 valence electrons. The Morgan fingerprint density at radius 3 is 2.87 bits per heavy atom. The Morgan fingerprint density at radius 2 is 2.20 bits per heavy atom. The van der Waals surface area contributed by atoms with Crippen molar-refractivity contribution in [1.29, 1.82) is 0 Å². The predicted molar refractivity (Wildman–Crippen MR) is 61.8 cm³/mol. The van der Waals surface area contributed by atoms with E-state index in [0.29, 0.717) is 12.2 Å². The SMILES string of the molecule is CC/C(O)=C1/CCCC/C(=C/CN=O)C1. The minimum Gasteiger partial charge on any atom is -0.512 e. The third kappa shape index (κ3) is 3.86. The summed E-state index contributed by atoms with van der Waals surface area (Å²) in [6.07, 6.45) is 7.74. The molecule has 1 rings (SSSR count). The summed E-state index contributed by atoms with van der Waals surface area (Å²) in [6.45, 7) is 2.22. The van der Waals surface area contributed by atoms with E-state index in [-0.39, 0.29) is 6.54 Å². The summed E-state index contributed by atoms with van der Waals surface area (Å²) >= 11 is 0. The van der Waals surface area contributed by atoms with Gasteiger partial charge in [0.05, 0.1) is 12.3 Å². The summed E-state index contributed by atoms with van der Waals surface area (Å²) < 4.78 is 0. The summed E-state index contributed by atoms with van der Waals surface area (Å²) in [7, 11) is 0. The van der Waals surface area contributed by atoms with Gasteiger partial charge in [-0.25, -0.2) is 0 Å². The number of nitroso groups, excluding NO2 is 1. The van der Waals surface area contributed by atoms with Crippen LogP contribution in [0.25, 0.3) is 0 Å². The second kappa shape index (κ2) is 6.38. The van der Waals surface area contributed by atoms with E-state index in [1.807, 2.05) is 13.0 Å². The lowest BCUT2D eigenvalue weighted by Gasteiger charge is -2.07. The summed E-state index contributed by atoms with van der Waals surface area (Å²) in [5.74, 6) is 0.530. The molecule has 0 heterocycles. The molecule has 0 atom stereocenters. The van der Waals surface area contributed by atoms with E-state index in [4.69, 9.17) is 0 Å². The molecular formula is C12H19NO2. The second-order valence-corrected chi connectivity index (χ2v) is 3.96. The van der Waals surface area contributed by atoms with Crippen LogP contribution in [0.3, 0.4) is 0 Å². The number of hydrogen-bond donors (Lipinski definition) is 1. The zero-order chi connectivity index (χ0) is 11.1. The van der Waals surface area contributed by atoms with Gasteiger partial charge in [-0.3, -0.25) is 0 Å². The Hall–Kier alpha value is -1.12. The Balaban J connectivity index is 2.73. The fourth-order valence-electron chi connectivity index (χ4n) is 1.98. The molecule has 0 radical (unpaired) electrons. The van der Waals surface area contributed by atoms with E-state index in [0.717, 1.165) is 37.7 Å². The van der Waals surface area contributed by atoms with Crippen molar-refractivity contribution in [2.45, 2.75) is 45.4 Å². The van der Waals surface area contributed by atoms with Crippen LogP contribution in [0, 0.1) is 4.91 Å². The molecule has 0 spiro atoms. The Kier molecular flexibility index (Phi) is 5.08. The van der Waals surface area contributed by atoms with Crippen molar-refractivity contribution in [3.8, 4) is 0 Å². The monoisotopic (exact) mass is 209 g/mol. The number of rotatable bonds is 3. The van der Waals surface area contributed by atoms with E-state index in [1.54, 1.807) is 0 Å². The first-order valence-corrected chi connectivity index (χ1v) is 5.64. The normalized spacial score (nSPS) is 23.7. The van der Waals surface area contributed by atoms with Crippen LogP contribution in [-0.4, -0.2) is 11.7 Å². The molecule has 0 bridgehead atoms. The largest absolute Gasteiger partial charge is 0.512 e. The van der Waals surface area contributed by atoms with E-state index in [2.05, 4.69) is 5.18 Å². The van der Waals surface area contributed by atoms with Crippen LogP contribution < -0.4 is 0 Å². The number of allylic oxidation sites excluding steroid dienone is 3. The maximum Gasteiger partial charge on any atom is 0.0995 e. The molecule has 0 saturated heterocycles. The average molecular weight is 209 g/mol. The third-order valence-corrected chi connectivity index (χ3v) is 2.86. The van der Waals surface area contributed by atoms with Crippen molar-refractivity contribution < 1.29 is 5.11 Å². The van der Waals surface area contributed by atoms with Gasteiger partial charge in [0.25, 0.3) is 0 Å². The topological polar surface area (TPSA) is 49.7 Å². The summed E-state index contributed by atoms with van der Waals surface area (Å²) in [5, 5.41) is 12.6. The molecular weight excluding hydrogens is 190 g/mol. The lowest BCUT2D eigenvalue weighted by molar-refractivity contribution is 0.382. The van der Waals surface area contributed by atoms with Gasteiger partial charge in [0, 0.05) is 6.42 Å². The first kappa shape index (κ1) is 12.0. The lowest BCUT2D eigenvalue weighted by atomic mass is 10.0. The van der Waals surface area contributed by atoms with Gasteiger partial charge in [-0.05, 0) is 37.7 Å². The highest BCUT2D eigenvalue weighted by Gasteiger charge is 2.11. The zero-order valence-electron chi connectivity index (χ0n) is 9.33. The molecule has 1 aliphatic rings. The average Bonchev–Trinajstić information content (AvgIpc) is 2.50. The van der Waals surface area contributed by atoms with Crippen LogP contribution in [0.4, 0.5) is 0 Å². The van der Waals surface area contributed by atoms with Crippen molar-refractivity contribution in [1.82, 2.24) is 0 Å². The maximum absolute atomic E-state index is 10.0. The lowest BCUT2D eigenvalue weighted by Crippen LogP contribution is -1.92. The molecule has 1 N–H and O–H groups in total. The highest BCUT2D eigenvalue weighted by Crippen LogP contribution is 2.28. The van der Waals surface area contributed by atoms with Gasteiger partial charge in [0.1, 0.15) is 0 Å². The number of hydrogen-bond acceptors (Lipinski definition) is 3. The third-order valence-electron chi connectivity index (χ3n) is 2.86. The molecule has 1 saturated carbocycles. The molecule has 0 aliphatic heterocycles. The van der Waals surface area contributed by atoms with Crippen LogP contribution >= 0.6 is 0 Å². The van der Waals surface area contributed by atoms with Crippen molar-refractivity contribution in [2.75, 3.05) is 6.54 Å². The number of aliphatic hydroxyl groups is 1. The van der Waals surface area contributed by atoms with E-state index in [1.165, 1.54) is 5.57 Å². The summed E-state index contributed by atoms with van der Waals surface area (Å²) in [5.41, 5.74) is 2.40. The molecule has 0 aromatic heterocycles. The molecule has 0 unspecified atom stereocenters. The molecule has 0 aromatic rings. The second-order valence-electron chi connectivity index (χ2n) is 3.96. The molecule has 15 heavy (non-hydrogen) atoms. The highest BCUT2D eigenvalue weighted by molar-refractivity contribution is 5.20. The van der Waals surface area contributed by atoms with Crippen LogP contribution in [0.1, 0.15) is 45.4 Å². The Labute approximate surface area is 90.9 Å². The molecule has 0 aromatic carbocycles. The summed E-state index contributed by atoms with van der Waals surface area (Å²) in [6, 6.07) is 0. The first-order valence-electron chi connectivity index (χ1n) is 5.64. The van der Waals surface area contributed by atoms with Gasteiger partial charge < -0.3 is 5.11 Å². The van der Waals surface area contributed by atoms with E-state index in [9.17, 15) is 10.0 Å². The van der Waals surface area contributed by atoms with Gasteiger partial charge in [0.2, 0.25) is 0 Å². The standard InChI is InChI=1S/C12H19NO2/c1-2-12(14)11-6-4-3-5-10(9-11)7-8-13-15/h7,14H,2-6,8-9H2,1H3/b10-7-,12-11+. The zero-order valence-corrected chi connectivity index (χ0v) is 9.33. The predicted octanol–water partition coefficient (Wildman–Crippen LogP) is 3.87. The van der Waals surface area contributed by atoms with Gasteiger partial charge in [0.15, 0.2) is 0 Å². The van der Waals surface area contributed by atoms with E-state index < -0.39 is 0 Å². The molecule has 1 fully saturated rings. The summed E-state index contributed by atoms with van der Waals surface area (Å²) in [4.78, 5) is 10.0. The molecule has 3 nitrogen and oxygen atoms in total.